The number of ether oxygens (including phenoxy) is 1. The van der Waals surface area contributed by atoms with E-state index in [4.69, 9.17) is 27.6 Å². The number of fused-ring (bicyclic) bond motifs is 1. The molecular formula is C25H26N6O. The number of nitrogens with two attached hydrogens (primary N) is 2. The second-order valence-corrected chi connectivity index (χ2v) is 7.97. The van der Waals surface area contributed by atoms with Gasteiger partial charge in [-0.25, -0.2) is 4.98 Å². The molecule has 1 unspecified atom stereocenters. The van der Waals surface area contributed by atoms with Crippen molar-refractivity contribution in [3.8, 4) is 18.1 Å². The molecule has 0 spiro atoms. The van der Waals surface area contributed by atoms with Crippen LogP contribution in [0.2, 0.25) is 0 Å². The van der Waals surface area contributed by atoms with E-state index < -0.39 is 0 Å². The minimum atomic E-state index is -0.156. The van der Waals surface area contributed by atoms with Crippen molar-refractivity contribution < 1.29 is 4.74 Å². The topological polar surface area (TPSA) is 103 Å². The van der Waals surface area contributed by atoms with E-state index in [2.05, 4.69) is 54.0 Å². The zero-order valence-corrected chi connectivity index (χ0v) is 18.2. The van der Waals surface area contributed by atoms with Gasteiger partial charge in [-0.2, -0.15) is 4.98 Å². The third-order valence-electron chi connectivity index (χ3n) is 5.46. The summed E-state index contributed by atoms with van der Waals surface area (Å²) < 4.78 is 5.68. The van der Waals surface area contributed by atoms with Crippen LogP contribution in [0.4, 0.5) is 17.5 Å². The molecule has 0 saturated carbocycles. The smallest absolute Gasteiger partial charge is 0.221 e. The van der Waals surface area contributed by atoms with Gasteiger partial charge in [0.2, 0.25) is 5.95 Å². The first kappa shape index (κ1) is 21.2. The molecule has 0 fully saturated rings. The fraction of sp³-hybridized carbons (Fsp3) is 0.240. The summed E-state index contributed by atoms with van der Waals surface area (Å²) in [7, 11) is 0. The normalized spacial score (nSPS) is 14.8. The largest absolute Gasteiger partial charge is 0.481 e. The Bertz CT molecular complexity index is 1180. The monoisotopic (exact) mass is 426 g/mol. The Hall–Kier alpha value is -4.05. The van der Waals surface area contributed by atoms with Crippen LogP contribution in [-0.2, 0) is 6.54 Å². The molecule has 0 amide bonds. The van der Waals surface area contributed by atoms with Crippen LogP contribution in [0.5, 0.6) is 5.75 Å². The van der Waals surface area contributed by atoms with Gasteiger partial charge in [0, 0.05) is 23.0 Å². The summed E-state index contributed by atoms with van der Waals surface area (Å²) in [6, 6.07) is 14.4. The number of terminal acetylenes is 1. The molecule has 32 heavy (non-hydrogen) atoms. The van der Waals surface area contributed by atoms with Crippen LogP contribution in [0.1, 0.15) is 48.1 Å². The van der Waals surface area contributed by atoms with Crippen molar-refractivity contribution in [3.05, 3.63) is 70.9 Å². The number of aliphatic imine (C=N–C) groups is 1. The molecule has 2 aromatic carbocycles. The van der Waals surface area contributed by atoms with Crippen LogP contribution in [0.15, 0.2) is 53.7 Å². The number of hydrogen-bond donors (Lipinski definition) is 2. The first-order valence-electron chi connectivity index (χ1n) is 10.4. The van der Waals surface area contributed by atoms with Crippen LogP contribution in [0.25, 0.3) is 0 Å². The SMILES string of the molecule is C#CCOc1ccc2c(c1)C(c1ccc(C(C)C)cc1)N=CN2Cc1cnc(N)nc1N. The van der Waals surface area contributed by atoms with E-state index >= 15 is 0 Å². The van der Waals surface area contributed by atoms with E-state index in [1.165, 1.54) is 5.56 Å². The molecule has 162 valence electrons. The van der Waals surface area contributed by atoms with Crippen molar-refractivity contribution in [1.29, 1.82) is 0 Å². The highest BCUT2D eigenvalue weighted by Gasteiger charge is 2.25. The lowest BCUT2D eigenvalue weighted by Crippen LogP contribution is -2.27. The Kier molecular flexibility index (Phi) is 5.95. The lowest BCUT2D eigenvalue weighted by atomic mass is 9.93. The summed E-state index contributed by atoms with van der Waals surface area (Å²) >= 11 is 0. The average molecular weight is 427 g/mol. The molecule has 1 aliphatic heterocycles. The highest BCUT2D eigenvalue weighted by atomic mass is 16.5. The zero-order valence-electron chi connectivity index (χ0n) is 18.2. The molecule has 4 rings (SSSR count). The van der Waals surface area contributed by atoms with Crippen molar-refractivity contribution in [2.75, 3.05) is 23.0 Å². The summed E-state index contributed by atoms with van der Waals surface area (Å²) in [6.07, 6.45) is 8.84. The number of nitrogens with zero attached hydrogens (tertiary/aromatic N) is 4. The minimum absolute atomic E-state index is 0.152. The van der Waals surface area contributed by atoms with Gasteiger partial charge in [0.15, 0.2) is 0 Å². The summed E-state index contributed by atoms with van der Waals surface area (Å²) in [5.74, 6) is 4.19. The Morgan fingerprint density at radius 2 is 1.94 bits per heavy atom. The molecule has 1 aromatic heterocycles. The van der Waals surface area contributed by atoms with Gasteiger partial charge in [0.05, 0.1) is 12.9 Å². The van der Waals surface area contributed by atoms with E-state index in [-0.39, 0.29) is 18.6 Å². The van der Waals surface area contributed by atoms with E-state index in [9.17, 15) is 0 Å². The molecular weight excluding hydrogens is 400 g/mol. The van der Waals surface area contributed by atoms with Crippen molar-refractivity contribution in [2.45, 2.75) is 32.4 Å². The molecule has 7 heteroatoms. The molecule has 7 nitrogen and oxygen atoms in total. The number of rotatable bonds is 6. The quantitative estimate of drug-likeness (QED) is 0.579. The van der Waals surface area contributed by atoms with Gasteiger partial charge in [-0.05, 0) is 35.2 Å². The molecule has 0 saturated heterocycles. The maximum absolute atomic E-state index is 6.05. The van der Waals surface area contributed by atoms with Gasteiger partial charge in [-0.15, -0.1) is 6.42 Å². The van der Waals surface area contributed by atoms with Gasteiger partial charge in [0.25, 0.3) is 0 Å². The van der Waals surface area contributed by atoms with Crippen LogP contribution in [0.3, 0.4) is 0 Å². The second-order valence-electron chi connectivity index (χ2n) is 7.97. The highest BCUT2D eigenvalue weighted by Crippen LogP contribution is 2.39. The van der Waals surface area contributed by atoms with Crippen molar-refractivity contribution in [1.82, 2.24) is 9.97 Å². The van der Waals surface area contributed by atoms with Crippen LogP contribution in [-0.4, -0.2) is 22.9 Å². The van der Waals surface area contributed by atoms with Crippen LogP contribution in [0, 0.1) is 12.3 Å². The van der Waals surface area contributed by atoms with Crippen molar-refractivity contribution in [3.63, 3.8) is 0 Å². The average Bonchev–Trinajstić information content (AvgIpc) is 2.79. The molecule has 3 aromatic rings. The lowest BCUT2D eigenvalue weighted by molar-refractivity contribution is 0.370. The summed E-state index contributed by atoms with van der Waals surface area (Å²) in [5, 5.41) is 0. The summed E-state index contributed by atoms with van der Waals surface area (Å²) in [4.78, 5) is 15.0. The standard InChI is InChI=1S/C25H26N6O/c1-4-11-32-20-9-10-22-21(12-20)23(18-7-5-17(6-8-18)16(2)3)29-15-31(22)14-19-13-28-25(27)30-24(19)26/h1,5-10,12-13,15-16,23H,11,14H2,2-3H3,(H4,26,27,28,30). The third-order valence-corrected chi connectivity index (χ3v) is 5.46. The molecule has 0 radical (unpaired) electrons. The Morgan fingerprint density at radius 3 is 2.62 bits per heavy atom. The van der Waals surface area contributed by atoms with E-state index in [1.54, 1.807) is 6.20 Å². The Morgan fingerprint density at radius 1 is 1.16 bits per heavy atom. The number of anilines is 3. The Labute approximate surface area is 188 Å². The maximum Gasteiger partial charge on any atom is 0.221 e. The van der Waals surface area contributed by atoms with E-state index in [0.29, 0.717) is 24.0 Å². The minimum Gasteiger partial charge on any atom is -0.481 e. The van der Waals surface area contributed by atoms with E-state index in [0.717, 1.165) is 22.4 Å². The first-order chi connectivity index (χ1) is 15.5. The van der Waals surface area contributed by atoms with Gasteiger partial charge in [-0.1, -0.05) is 44.0 Å². The zero-order chi connectivity index (χ0) is 22.7. The molecule has 0 aliphatic carbocycles. The lowest BCUT2D eigenvalue weighted by Gasteiger charge is -2.31. The fourth-order valence-corrected chi connectivity index (χ4v) is 3.71. The molecule has 1 atom stereocenters. The number of benzene rings is 2. The summed E-state index contributed by atoms with van der Waals surface area (Å²) in [5.41, 5.74) is 16.9. The number of aromatic nitrogens is 2. The van der Waals surface area contributed by atoms with Gasteiger partial charge in [0.1, 0.15) is 24.2 Å². The summed E-state index contributed by atoms with van der Waals surface area (Å²) in [6.45, 7) is 5.04. The van der Waals surface area contributed by atoms with Crippen LogP contribution >= 0.6 is 0 Å². The van der Waals surface area contributed by atoms with Crippen molar-refractivity contribution >= 4 is 23.8 Å². The maximum atomic E-state index is 6.05. The molecule has 2 heterocycles. The van der Waals surface area contributed by atoms with Crippen molar-refractivity contribution in [2.24, 2.45) is 4.99 Å². The number of hydrogen-bond acceptors (Lipinski definition) is 7. The highest BCUT2D eigenvalue weighted by molar-refractivity contribution is 5.85. The second kappa shape index (κ2) is 8.98. The molecule has 0 bridgehead atoms. The number of nitrogen functional groups attached to an aromatic ring is 2. The molecule has 4 N–H and O–H groups in total. The van der Waals surface area contributed by atoms with Gasteiger partial charge in [-0.3, -0.25) is 4.99 Å². The van der Waals surface area contributed by atoms with Gasteiger partial charge < -0.3 is 21.1 Å². The molecule has 1 aliphatic rings. The first-order valence-corrected chi connectivity index (χ1v) is 10.4. The predicted molar refractivity (Wildman–Crippen MR) is 129 cm³/mol. The fourth-order valence-electron chi connectivity index (χ4n) is 3.71. The van der Waals surface area contributed by atoms with Gasteiger partial charge >= 0.3 is 0 Å². The Balaban J connectivity index is 1.71. The predicted octanol–water partition coefficient (Wildman–Crippen LogP) is 3.91. The van der Waals surface area contributed by atoms with Crippen LogP contribution < -0.4 is 21.1 Å². The van der Waals surface area contributed by atoms with E-state index in [1.807, 2.05) is 29.4 Å². The third kappa shape index (κ3) is 4.35.